The van der Waals surface area contributed by atoms with Gasteiger partial charge in [0.1, 0.15) is 6.04 Å². The number of morpholine rings is 1. The summed E-state index contributed by atoms with van der Waals surface area (Å²) < 4.78 is 5.70. The predicted octanol–water partition coefficient (Wildman–Crippen LogP) is 2.13. The molecule has 1 saturated carbocycles. The Kier molecular flexibility index (Phi) is 5.33. The zero-order valence-electron chi connectivity index (χ0n) is 15.1. The summed E-state index contributed by atoms with van der Waals surface area (Å²) in [5, 5.41) is 3.16. The Morgan fingerprint density at radius 1 is 1.04 bits per heavy atom. The van der Waals surface area contributed by atoms with Crippen LogP contribution < -0.4 is 5.32 Å². The first-order chi connectivity index (χ1) is 11.5. The number of nitrogens with zero attached hydrogens (tertiary/aromatic N) is 2. The Bertz CT molecular complexity index is 474. The van der Waals surface area contributed by atoms with E-state index in [-0.39, 0.29) is 29.6 Å². The van der Waals surface area contributed by atoms with E-state index in [4.69, 9.17) is 4.74 Å². The number of ether oxygens (including phenoxy) is 1. The number of nitrogens with one attached hydrogen (secondary N) is 1. The van der Waals surface area contributed by atoms with Gasteiger partial charge in [0.05, 0.1) is 12.2 Å². The lowest BCUT2D eigenvalue weighted by atomic mass is 9.96. The first-order valence-corrected chi connectivity index (χ1v) is 9.46. The van der Waals surface area contributed by atoms with Crippen molar-refractivity contribution in [2.45, 2.75) is 76.5 Å². The summed E-state index contributed by atoms with van der Waals surface area (Å²) in [4.78, 5) is 29.2. The van der Waals surface area contributed by atoms with Crippen LogP contribution in [0.2, 0.25) is 0 Å². The van der Waals surface area contributed by atoms with E-state index in [1.165, 1.54) is 19.3 Å². The minimum Gasteiger partial charge on any atom is -0.372 e. The molecule has 6 nitrogen and oxygen atoms in total. The van der Waals surface area contributed by atoms with Crippen LogP contribution in [0.25, 0.3) is 0 Å². The summed E-state index contributed by atoms with van der Waals surface area (Å²) in [7, 11) is 0. The van der Waals surface area contributed by atoms with Gasteiger partial charge in [0.25, 0.3) is 0 Å². The minimum absolute atomic E-state index is 0.0507. The molecule has 2 saturated heterocycles. The van der Waals surface area contributed by atoms with E-state index < -0.39 is 0 Å². The molecule has 136 valence electrons. The van der Waals surface area contributed by atoms with Crippen molar-refractivity contribution < 1.29 is 14.3 Å². The van der Waals surface area contributed by atoms with E-state index in [0.29, 0.717) is 26.2 Å². The highest BCUT2D eigenvalue weighted by molar-refractivity contribution is 5.88. The maximum atomic E-state index is 12.9. The zero-order chi connectivity index (χ0) is 17.2. The second kappa shape index (κ2) is 7.30. The Balaban J connectivity index is 1.59. The van der Waals surface area contributed by atoms with Gasteiger partial charge in [-0.2, -0.15) is 0 Å². The standard InChI is InChI=1S/C18H31N3O3/c1-18(2)13-20(11-12-24-18)16(22)15-9-6-10-21(15)17(23)19-14-7-4-3-5-8-14/h14-15H,3-13H2,1-2H3,(H,19,23). The molecule has 1 aliphatic carbocycles. The van der Waals surface area contributed by atoms with Crippen molar-refractivity contribution in [1.82, 2.24) is 15.1 Å². The van der Waals surface area contributed by atoms with Crippen molar-refractivity contribution in [2.75, 3.05) is 26.2 Å². The quantitative estimate of drug-likeness (QED) is 0.840. The van der Waals surface area contributed by atoms with Crippen LogP contribution >= 0.6 is 0 Å². The van der Waals surface area contributed by atoms with E-state index in [9.17, 15) is 9.59 Å². The average molecular weight is 337 g/mol. The van der Waals surface area contributed by atoms with Gasteiger partial charge in [0.15, 0.2) is 0 Å². The lowest BCUT2D eigenvalue weighted by Gasteiger charge is -2.40. The van der Waals surface area contributed by atoms with E-state index >= 15 is 0 Å². The fourth-order valence-corrected chi connectivity index (χ4v) is 4.19. The van der Waals surface area contributed by atoms with Gasteiger partial charge in [0.2, 0.25) is 5.91 Å². The van der Waals surface area contributed by atoms with Gasteiger partial charge >= 0.3 is 6.03 Å². The highest BCUT2D eigenvalue weighted by Gasteiger charge is 2.39. The molecule has 0 radical (unpaired) electrons. The molecular weight excluding hydrogens is 306 g/mol. The van der Waals surface area contributed by atoms with Crippen LogP contribution in [0, 0.1) is 0 Å². The highest BCUT2D eigenvalue weighted by atomic mass is 16.5. The lowest BCUT2D eigenvalue weighted by molar-refractivity contribution is -0.149. The first kappa shape index (κ1) is 17.5. The molecule has 6 heteroatoms. The van der Waals surface area contributed by atoms with Gasteiger partial charge in [-0.3, -0.25) is 4.79 Å². The molecule has 3 aliphatic rings. The van der Waals surface area contributed by atoms with Crippen LogP contribution in [0.4, 0.5) is 4.79 Å². The molecule has 2 aliphatic heterocycles. The minimum atomic E-state index is -0.304. The predicted molar refractivity (Wildman–Crippen MR) is 91.7 cm³/mol. The van der Waals surface area contributed by atoms with Crippen LogP contribution in [0.1, 0.15) is 58.8 Å². The lowest BCUT2D eigenvalue weighted by Crippen LogP contribution is -2.57. The highest BCUT2D eigenvalue weighted by Crippen LogP contribution is 2.24. The third-order valence-electron chi connectivity index (χ3n) is 5.47. The monoisotopic (exact) mass is 337 g/mol. The van der Waals surface area contributed by atoms with Crippen molar-refractivity contribution in [3.8, 4) is 0 Å². The van der Waals surface area contributed by atoms with E-state index in [0.717, 1.165) is 25.7 Å². The number of carbonyl (C=O) groups is 2. The Morgan fingerprint density at radius 2 is 1.79 bits per heavy atom. The smallest absolute Gasteiger partial charge is 0.318 e. The summed E-state index contributed by atoms with van der Waals surface area (Å²) in [6.07, 6.45) is 7.46. The third-order valence-corrected chi connectivity index (χ3v) is 5.47. The van der Waals surface area contributed by atoms with Crippen molar-refractivity contribution in [3.63, 3.8) is 0 Å². The Hall–Kier alpha value is -1.30. The van der Waals surface area contributed by atoms with Crippen molar-refractivity contribution in [3.05, 3.63) is 0 Å². The van der Waals surface area contributed by atoms with E-state index in [1.807, 2.05) is 18.7 Å². The van der Waals surface area contributed by atoms with Crippen molar-refractivity contribution >= 4 is 11.9 Å². The van der Waals surface area contributed by atoms with E-state index in [2.05, 4.69) is 5.32 Å². The molecule has 0 aromatic rings. The van der Waals surface area contributed by atoms with Crippen LogP contribution in [0.3, 0.4) is 0 Å². The van der Waals surface area contributed by atoms with Gasteiger partial charge in [-0.1, -0.05) is 19.3 Å². The summed E-state index contributed by atoms with van der Waals surface area (Å²) in [5.74, 6) is 0.0858. The summed E-state index contributed by atoms with van der Waals surface area (Å²) in [6, 6.07) is -0.0716. The molecule has 3 fully saturated rings. The number of rotatable bonds is 2. The molecule has 2 heterocycles. The second-order valence-corrected chi connectivity index (χ2v) is 8.00. The molecule has 0 bridgehead atoms. The fourth-order valence-electron chi connectivity index (χ4n) is 4.19. The van der Waals surface area contributed by atoms with Crippen molar-refractivity contribution in [2.24, 2.45) is 0 Å². The third kappa shape index (κ3) is 4.02. The molecule has 1 atom stereocenters. The van der Waals surface area contributed by atoms with Gasteiger partial charge in [-0.05, 0) is 39.5 Å². The molecule has 1 N–H and O–H groups in total. The Labute approximate surface area is 144 Å². The topological polar surface area (TPSA) is 61.9 Å². The van der Waals surface area contributed by atoms with Gasteiger partial charge in [0, 0.05) is 25.7 Å². The average Bonchev–Trinajstić information content (AvgIpc) is 3.04. The van der Waals surface area contributed by atoms with Gasteiger partial charge < -0.3 is 19.9 Å². The largest absolute Gasteiger partial charge is 0.372 e. The molecule has 1 unspecified atom stereocenters. The molecule has 24 heavy (non-hydrogen) atoms. The number of carbonyl (C=O) groups excluding carboxylic acids is 2. The van der Waals surface area contributed by atoms with Crippen LogP contribution in [-0.2, 0) is 9.53 Å². The number of likely N-dealkylation sites (tertiary alicyclic amines) is 1. The maximum Gasteiger partial charge on any atom is 0.318 e. The molecular formula is C18H31N3O3. The van der Waals surface area contributed by atoms with E-state index in [1.54, 1.807) is 4.90 Å². The second-order valence-electron chi connectivity index (χ2n) is 8.00. The van der Waals surface area contributed by atoms with Gasteiger partial charge in [-0.15, -0.1) is 0 Å². The maximum absolute atomic E-state index is 12.9. The van der Waals surface area contributed by atoms with Gasteiger partial charge in [-0.25, -0.2) is 4.79 Å². The Morgan fingerprint density at radius 3 is 2.50 bits per heavy atom. The van der Waals surface area contributed by atoms with Crippen LogP contribution in [0.5, 0.6) is 0 Å². The first-order valence-electron chi connectivity index (χ1n) is 9.46. The summed E-state index contributed by atoms with van der Waals surface area (Å²) in [5.41, 5.74) is -0.304. The van der Waals surface area contributed by atoms with Crippen molar-refractivity contribution in [1.29, 1.82) is 0 Å². The van der Waals surface area contributed by atoms with Crippen LogP contribution in [0.15, 0.2) is 0 Å². The summed E-state index contributed by atoms with van der Waals surface area (Å²) >= 11 is 0. The number of hydrogen-bond acceptors (Lipinski definition) is 3. The molecule has 3 amide bonds. The number of amides is 3. The normalized spacial score (nSPS) is 28.0. The fraction of sp³-hybridized carbons (Fsp3) is 0.889. The zero-order valence-corrected chi connectivity index (χ0v) is 15.1. The SMILES string of the molecule is CC1(C)CN(C(=O)C2CCCN2C(=O)NC2CCCCC2)CCO1. The van der Waals surface area contributed by atoms with Crippen LogP contribution in [-0.4, -0.2) is 65.7 Å². The number of urea groups is 1. The molecule has 0 aromatic carbocycles. The number of hydrogen-bond donors (Lipinski definition) is 1. The molecule has 0 spiro atoms. The summed E-state index contributed by atoms with van der Waals surface area (Å²) in [6.45, 7) is 6.49. The molecule has 0 aromatic heterocycles. The molecule has 3 rings (SSSR count).